The minimum Gasteiger partial charge on any atom is -0.376 e. The summed E-state index contributed by atoms with van der Waals surface area (Å²) in [6, 6.07) is 10.4. The lowest BCUT2D eigenvalue weighted by Crippen LogP contribution is -2.25. The van der Waals surface area contributed by atoms with Crippen LogP contribution in [0.1, 0.15) is 17.5 Å². The highest BCUT2D eigenvalue weighted by atomic mass is 32.2. The second-order valence-corrected chi connectivity index (χ2v) is 7.70. The zero-order valence-electron chi connectivity index (χ0n) is 13.2. The lowest BCUT2D eigenvalue weighted by molar-refractivity contribution is 0.587. The molecule has 3 rings (SSSR count). The third-order valence-electron chi connectivity index (χ3n) is 3.94. The summed E-state index contributed by atoms with van der Waals surface area (Å²) >= 11 is 0. The number of anilines is 2. The highest BCUT2D eigenvalue weighted by Gasteiger charge is 2.28. The molecule has 1 heterocycles. The minimum atomic E-state index is -3.28. The Kier molecular flexibility index (Phi) is 4.59. The van der Waals surface area contributed by atoms with Crippen LogP contribution < -0.4 is 9.62 Å². The van der Waals surface area contributed by atoms with E-state index in [0.717, 1.165) is 12.1 Å². The van der Waals surface area contributed by atoms with Gasteiger partial charge in [0, 0.05) is 13.1 Å². The molecule has 1 fully saturated rings. The van der Waals surface area contributed by atoms with Crippen molar-refractivity contribution in [3.05, 3.63) is 59.2 Å². The second-order valence-electron chi connectivity index (χ2n) is 5.69. The van der Waals surface area contributed by atoms with Gasteiger partial charge in [0.1, 0.15) is 5.69 Å². The van der Waals surface area contributed by atoms with Crippen molar-refractivity contribution in [2.45, 2.75) is 13.0 Å². The molecule has 8 heteroatoms. The van der Waals surface area contributed by atoms with Gasteiger partial charge in [-0.15, -0.1) is 0 Å². The molecular weight excluding hydrogens is 348 g/mol. The molecule has 0 amide bonds. The lowest BCUT2D eigenvalue weighted by atomic mass is 10.1. The molecule has 2 aromatic rings. The Morgan fingerprint density at radius 2 is 1.92 bits per heavy atom. The average Bonchev–Trinajstić information content (AvgIpc) is 2.93. The summed E-state index contributed by atoms with van der Waals surface area (Å²) in [6.45, 7) is 0.541. The summed E-state index contributed by atoms with van der Waals surface area (Å²) in [5, 5.41) is 11.4. The van der Waals surface area contributed by atoms with Gasteiger partial charge in [0.2, 0.25) is 10.0 Å². The lowest BCUT2D eigenvalue weighted by Gasteiger charge is -2.18. The van der Waals surface area contributed by atoms with Crippen LogP contribution in [-0.4, -0.2) is 20.7 Å². The number of hydrogen-bond acceptors (Lipinski definition) is 4. The van der Waals surface area contributed by atoms with Crippen molar-refractivity contribution in [1.29, 1.82) is 5.26 Å². The van der Waals surface area contributed by atoms with E-state index in [-0.39, 0.29) is 23.5 Å². The van der Waals surface area contributed by atoms with Gasteiger partial charge in [-0.3, -0.25) is 4.31 Å². The predicted octanol–water partition coefficient (Wildman–Crippen LogP) is 2.99. The van der Waals surface area contributed by atoms with E-state index in [1.165, 1.54) is 4.31 Å². The van der Waals surface area contributed by atoms with Crippen LogP contribution in [0.4, 0.5) is 20.2 Å². The van der Waals surface area contributed by atoms with Gasteiger partial charge in [-0.1, -0.05) is 12.1 Å². The number of benzene rings is 2. The standard InChI is InChI=1S/C17H15F2N3O2S/c18-15-8-13(10-20)9-16(19)17(15)21-11-12-3-1-4-14(7-12)22-5-2-6-25(22,23)24/h1,3-4,7-9,21H,2,5-6,11H2. The third kappa shape index (κ3) is 3.56. The maximum atomic E-state index is 13.9. The van der Waals surface area contributed by atoms with Crippen LogP contribution in [0.5, 0.6) is 0 Å². The Labute approximate surface area is 144 Å². The van der Waals surface area contributed by atoms with E-state index >= 15 is 0 Å². The van der Waals surface area contributed by atoms with Crippen LogP contribution in [0.25, 0.3) is 0 Å². The summed E-state index contributed by atoms with van der Waals surface area (Å²) in [5.41, 5.74) is 0.806. The summed E-state index contributed by atoms with van der Waals surface area (Å²) in [4.78, 5) is 0. The molecule has 1 aliphatic heterocycles. The number of nitrogens with zero attached hydrogens (tertiary/aromatic N) is 2. The smallest absolute Gasteiger partial charge is 0.235 e. The molecule has 130 valence electrons. The van der Waals surface area contributed by atoms with Gasteiger partial charge < -0.3 is 5.32 Å². The van der Waals surface area contributed by atoms with Crippen LogP contribution in [-0.2, 0) is 16.6 Å². The predicted molar refractivity (Wildman–Crippen MR) is 90.6 cm³/mol. The van der Waals surface area contributed by atoms with Crippen LogP contribution in [0.3, 0.4) is 0 Å². The molecule has 0 atom stereocenters. The fourth-order valence-electron chi connectivity index (χ4n) is 2.75. The molecule has 1 N–H and O–H groups in total. The zero-order valence-corrected chi connectivity index (χ0v) is 14.0. The molecule has 0 unspecified atom stereocenters. The molecule has 0 aliphatic carbocycles. The van der Waals surface area contributed by atoms with Gasteiger partial charge in [-0.2, -0.15) is 5.26 Å². The first-order chi connectivity index (χ1) is 11.9. The van der Waals surface area contributed by atoms with Crippen LogP contribution >= 0.6 is 0 Å². The first kappa shape index (κ1) is 17.2. The SMILES string of the molecule is N#Cc1cc(F)c(NCc2cccc(N3CCCS3(=O)=O)c2)c(F)c1. The highest BCUT2D eigenvalue weighted by molar-refractivity contribution is 7.93. The monoisotopic (exact) mass is 363 g/mol. The molecule has 0 saturated carbocycles. The first-order valence-electron chi connectivity index (χ1n) is 7.63. The van der Waals surface area contributed by atoms with Gasteiger partial charge >= 0.3 is 0 Å². The summed E-state index contributed by atoms with van der Waals surface area (Å²) in [6.07, 6.45) is 0.576. The van der Waals surface area contributed by atoms with Crippen LogP contribution in [0.15, 0.2) is 36.4 Å². The van der Waals surface area contributed by atoms with E-state index in [9.17, 15) is 17.2 Å². The summed E-state index contributed by atoms with van der Waals surface area (Å²) in [5.74, 6) is -1.58. The molecule has 25 heavy (non-hydrogen) atoms. The minimum absolute atomic E-state index is 0.0956. The van der Waals surface area contributed by atoms with Crippen LogP contribution in [0.2, 0.25) is 0 Å². The maximum Gasteiger partial charge on any atom is 0.235 e. The van der Waals surface area contributed by atoms with Gasteiger partial charge in [0.05, 0.1) is 23.1 Å². The normalized spacial score (nSPS) is 15.8. The number of rotatable bonds is 4. The van der Waals surface area contributed by atoms with E-state index in [2.05, 4.69) is 5.32 Å². The summed E-state index contributed by atoms with van der Waals surface area (Å²) < 4.78 is 53.1. The van der Waals surface area contributed by atoms with Crippen molar-refractivity contribution in [2.24, 2.45) is 0 Å². The van der Waals surface area contributed by atoms with Crippen molar-refractivity contribution in [3.8, 4) is 6.07 Å². The quantitative estimate of drug-likeness (QED) is 0.906. The van der Waals surface area contributed by atoms with Crippen LogP contribution in [0, 0.1) is 23.0 Å². The first-order valence-corrected chi connectivity index (χ1v) is 9.24. The fourth-order valence-corrected chi connectivity index (χ4v) is 4.30. The maximum absolute atomic E-state index is 13.9. The zero-order chi connectivity index (χ0) is 18.0. The number of nitrogens with one attached hydrogen (secondary N) is 1. The number of hydrogen-bond donors (Lipinski definition) is 1. The van der Waals surface area contributed by atoms with Gasteiger partial charge in [0.25, 0.3) is 0 Å². The fraction of sp³-hybridized carbons (Fsp3) is 0.235. The molecule has 2 aromatic carbocycles. The Bertz CT molecular complexity index is 932. The van der Waals surface area contributed by atoms with Gasteiger partial charge in [-0.05, 0) is 36.2 Å². The molecule has 0 spiro atoms. The van der Waals surface area contributed by atoms with Crippen molar-refractivity contribution in [3.63, 3.8) is 0 Å². The average molecular weight is 363 g/mol. The summed E-state index contributed by atoms with van der Waals surface area (Å²) in [7, 11) is -3.28. The van der Waals surface area contributed by atoms with Gasteiger partial charge in [0.15, 0.2) is 11.6 Å². The van der Waals surface area contributed by atoms with Crippen molar-refractivity contribution >= 4 is 21.4 Å². The Hall–Kier alpha value is -2.66. The molecule has 1 saturated heterocycles. The third-order valence-corrected chi connectivity index (χ3v) is 5.81. The van der Waals surface area contributed by atoms with E-state index in [1.54, 1.807) is 30.3 Å². The Morgan fingerprint density at radius 1 is 1.20 bits per heavy atom. The largest absolute Gasteiger partial charge is 0.376 e. The van der Waals surface area contributed by atoms with Crippen molar-refractivity contribution < 1.29 is 17.2 Å². The Balaban J connectivity index is 1.79. The van der Waals surface area contributed by atoms with E-state index < -0.39 is 21.7 Å². The van der Waals surface area contributed by atoms with E-state index in [0.29, 0.717) is 24.2 Å². The topological polar surface area (TPSA) is 73.2 Å². The van der Waals surface area contributed by atoms with Gasteiger partial charge in [-0.25, -0.2) is 17.2 Å². The van der Waals surface area contributed by atoms with E-state index in [4.69, 9.17) is 5.26 Å². The molecule has 0 aromatic heterocycles. The number of nitriles is 1. The number of sulfonamides is 1. The van der Waals surface area contributed by atoms with Crippen molar-refractivity contribution in [1.82, 2.24) is 0 Å². The van der Waals surface area contributed by atoms with Crippen molar-refractivity contribution in [2.75, 3.05) is 21.9 Å². The Morgan fingerprint density at radius 3 is 2.52 bits per heavy atom. The molecule has 5 nitrogen and oxygen atoms in total. The molecular formula is C17H15F2N3O2S. The molecule has 0 bridgehead atoms. The second kappa shape index (κ2) is 6.69. The molecule has 1 aliphatic rings. The van der Waals surface area contributed by atoms with E-state index in [1.807, 2.05) is 0 Å². The molecule has 0 radical (unpaired) electrons. The number of halogens is 2. The highest BCUT2D eigenvalue weighted by Crippen LogP contribution is 2.26.